The lowest BCUT2D eigenvalue weighted by Crippen LogP contribution is -2.16. The molecular formula is C24H26N6O2S. The number of rotatable bonds is 8. The Labute approximate surface area is 197 Å². The van der Waals surface area contributed by atoms with Crippen LogP contribution < -0.4 is 10.1 Å². The van der Waals surface area contributed by atoms with Crippen LogP contribution in [-0.2, 0) is 11.3 Å². The van der Waals surface area contributed by atoms with Gasteiger partial charge in [0, 0.05) is 12.1 Å². The maximum Gasteiger partial charge on any atom is 0.234 e. The van der Waals surface area contributed by atoms with Crippen molar-refractivity contribution in [2.45, 2.75) is 32.5 Å². The Hall–Kier alpha value is -3.59. The highest BCUT2D eigenvalue weighted by molar-refractivity contribution is 7.99. The minimum absolute atomic E-state index is 0.115. The summed E-state index contributed by atoms with van der Waals surface area (Å²) in [5.41, 5.74) is 4.29. The van der Waals surface area contributed by atoms with E-state index in [2.05, 4.69) is 20.6 Å². The number of anilines is 1. The number of nitrogens with zero attached hydrogens (tertiary/aromatic N) is 5. The van der Waals surface area contributed by atoms with Gasteiger partial charge in [-0.2, -0.15) is 5.10 Å². The number of hydrogen-bond donors (Lipinski definition) is 1. The highest BCUT2D eigenvalue weighted by atomic mass is 32.2. The number of aromatic nitrogens is 5. The molecule has 0 saturated carbocycles. The van der Waals surface area contributed by atoms with Gasteiger partial charge in [-0.3, -0.25) is 4.79 Å². The Balaban J connectivity index is 1.45. The van der Waals surface area contributed by atoms with E-state index in [0.29, 0.717) is 11.7 Å². The van der Waals surface area contributed by atoms with Crippen molar-refractivity contribution in [2.24, 2.45) is 0 Å². The average molecular weight is 463 g/mol. The fourth-order valence-corrected chi connectivity index (χ4v) is 4.39. The van der Waals surface area contributed by atoms with Gasteiger partial charge in [-0.25, -0.2) is 4.68 Å². The van der Waals surface area contributed by atoms with Crippen molar-refractivity contribution in [1.29, 1.82) is 0 Å². The number of carbonyl (C=O) groups excluding carboxylic acids is 1. The maximum absolute atomic E-state index is 12.7. The molecule has 0 saturated heterocycles. The number of methoxy groups -OCH3 is 1. The van der Waals surface area contributed by atoms with Crippen molar-refractivity contribution >= 4 is 23.4 Å². The Morgan fingerprint density at radius 2 is 1.79 bits per heavy atom. The third kappa shape index (κ3) is 4.78. The number of thioether (sulfide) groups is 1. The zero-order valence-corrected chi connectivity index (χ0v) is 19.9. The molecule has 0 atom stereocenters. The summed E-state index contributed by atoms with van der Waals surface area (Å²) in [6.45, 7) is 6.57. The first-order valence-corrected chi connectivity index (χ1v) is 11.6. The first-order chi connectivity index (χ1) is 16.0. The van der Waals surface area contributed by atoms with Gasteiger partial charge in [0.25, 0.3) is 0 Å². The van der Waals surface area contributed by atoms with E-state index in [4.69, 9.17) is 4.74 Å². The zero-order chi connectivity index (χ0) is 23.4. The van der Waals surface area contributed by atoms with Crippen LogP contribution in [0.25, 0.3) is 17.1 Å². The number of benzene rings is 2. The number of aryl methyl sites for hydroxylation is 1. The van der Waals surface area contributed by atoms with E-state index in [-0.39, 0.29) is 11.7 Å². The predicted octanol–water partition coefficient (Wildman–Crippen LogP) is 4.51. The third-order valence-electron chi connectivity index (χ3n) is 5.27. The molecule has 1 amide bonds. The summed E-state index contributed by atoms with van der Waals surface area (Å²) in [6.07, 6.45) is 0. The van der Waals surface area contributed by atoms with E-state index in [0.717, 1.165) is 39.9 Å². The quantitative estimate of drug-likeness (QED) is 0.388. The SMILES string of the molecule is CCn1c(SCC(=O)Nc2c(C)nn(-c3ccccc3)c2C)nnc1-c1ccc(OC)cc1. The van der Waals surface area contributed by atoms with Crippen molar-refractivity contribution in [1.82, 2.24) is 24.5 Å². The maximum atomic E-state index is 12.7. The van der Waals surface area contributed by atoms with E-state index < -0.39 is 0 Å². The second-order valence-corrected chi connectivity index (χ2v) is 8.35. The highest BCUT2D eigenvalue weighted by Crippen LogP contribution is 2.27. The molecule has 2 heterocycles. The fourth-order valence-electron chi connectivity index (χ4n) is 3.58. The van der Waals surface area contributed by atoms with Gasteiger partial charge in [0.15, 0.2) is 11.0 Å². The van der Waals surface area contributed by atoms with Crippen LogP contribution in [0, 0.1) is 13.8 Å². The molecular weight excluding hydrogens is 436 g/mol. The molecule has 4 rings (SSSR count). The van der Waals surface area contributed by atoms with E-state index in [1.54, 1.807) is 7.11 Å². The number of nitrogens with one attached hydrogen (secondary N) is 1. The molecule has 0 radical (unpaired) electrons. The van der Waals surface area contributed by atoms with Crippen molar-refractivity contribution in [2.75, 3.05) is 18.2 Å². The summed E-state index contributed by atoms with van der Waals surface area (Å²) in [5.74, 6) is 1.65. The van der Waals surface area contributed by atoms with Gasteiger partial charge < -0.3 is 14.6 Å². The van der Waals surface area contributed by atoms with Gasteiger partial charge >= 0.3 is 0 Å². The monoisotopic (exact) mass is 462 g/mol. The van der Waals surface area contributed by atoms with Gasteiger partial charge in [-0.05, 0) is 57.2 Å². The summed E-state index contributed by atoms with van der Waals surface area (Å²) < 4.78 is 9.07. The van der Waals surface area contributed by atoms with Crippen LogP contribution in [0.4, 0.5) is 5.69 Å². The molecule has 8 nitrogen and oxygen atoms in total. The van der Waals surface area contributed by atoms with Crippen molar-refractivity contribution in [3.05, 3.63) is 66.0 Å². The lowest BCUT2D eigenvalue weighted by atomic mass is 10.2. The van der Waals surface area contributed by atoms with Gasteiger partial charge in [-0.15, -0.1) is 10.2 Å². The Morgan fingerprint density at radius 1 is 1.06 bits per heavy atom. The fraction of sp³-hybridized carbons (Fsp3) is 0.250. The summed E-state index contributed by atoms with van der Waals surface area (Å²) in [5, 5.41) is 17.0. The lowest BCUT2D eigenvalue weighted by molar-refractivity contribution is -0.113. The average Bonchev–Trinajstić information content (AvgIpc) is 3.39. The van der Waals surface area contributed by atoms with E-state index in [9.17, 15) is 4.79 Å². The molecule has 9 heteroatoms. The number of ether oxygens (including phenoxy) is 1. The molecule has 0 unspecified atom stereocenters. The first kappa shape index (κ1) is 22.6. The van der Waals surface area contributed by atoms with E-state index in [1.807, 2.05) is 84.6 Å². The van der Waals surface area contributed by atoms with Crippen LogP contribution in [0.1, 0.15) is 18.3 Å². The Bertz CT molecular complexity index is 1250. The van der Waals surface area contributed by atoms with Gasteiger partial charge in [0.05, 0.1) is 35.6 Å². The van der Waals surface area contributed by atoms with Gasteiger partial charge in [0.2, 0.25) is 5.91 Å². The Morgan fingerprint density at radius 3 is 2.45 bits per heavy atom. The van der Waals surface area contributed by atoms with Gasteiger partial charge in [0.1, 0.15) is 5.75 Å². The van der Waals surface area contributed by atoms with Crippen LogP contribution in [0.2, 0.25) is 0 Å². The second kappa shape index (κ2) is 9.91. The highest BCUT2D eigenvalue weighted by Gasteiger charge is 2.18. The number of hydrogen-bond acceptors (Lipinski definition) is 6. The molecule has 33 heavy (non-hydrogen) atoms. The number of carbonyl (C=O) groups is 1. The lowest BCUT2D eigenvalue weighted by Gasteiger charge is -2.09. The smallest absolute Gasteiger partial charge is 0.234 e. The number of para-hydroxylation sites is 1. The van der Waals surface area contributed by atoms with Crippen LogP contribution in [0.15, 0.2) is 59.8 Å². The molecule has 170 valence electrons. The van der Waals surface area contributed by atoms with Crippen LogP contribution in [-0.4, -0.2) is 43.3 Å². The minimum atomic E-state index is -0.115. The summed E-state index contributed by atoms with van der Waals surface area (Å²) in [6, 6.07) is 17.5. The molecule has 2 aromatic heterocycles. The summed E-state index contributed by atoms with van der Waals surface area (Å²) in [4.78, 5) is 12.7. The molecule has 0 bridgehead atoms. The van der Waals surface area contributed by atoms with Crippen LogP contribution >= 0.6 is 11.8 Å². The molecule has 1 N–H and O–H groups in total. The standard InChI is InChI=1S/C24H26N6O2S/c1-5-29-23(18-11-13-20(32-4)14-12-18)26-27-24(29)33-15-21(31)25-22-16(2)28-30(17(22)3)19-9-7-6-8-10-19/h6-14H,5,15H2,1-4H3,(H,25,31). The molecule has 2 aromatic carbocycles. The topological polar surface area (TPSA) is 86.9 Å². The Kier molecular flexibility index (Phi) is 6.79. The molecule has 0 aliphatic heterocycles. The molecule has 0 fully saturated rings. The van der Waals surface area contributed by atoms with E-state index in [1.165, 1.54) is 11.8 Å². The van der Waals surface area contributed by atoms with Gasteiger partial charge in [-0.1, -0.05) is 30.0 Å². The predicted molar refractivity (Wildman–Crippen MR) is 130 cm³/mol. The van der Waals surface area contributed by atoms with Crippen LogP contribution in [0.3, 0.4) is 0 Å². The second-order valence-electron chi connectivity index (χ2n) is 7.41. The van der Waals surface area contributed by atoms with E-state index >= 15 is 0 Å². The molecule has 0 aliphatic carbocycles. The third-order valence-corrected chi connectivity index (χ3v) is 6.24. The first-order valence-electron chi connectivity index (χ1n) is 10.6. The molecule has 4 aromatic rings. The zero-order valence-electron chi connectivity index (χ0n) is 19.1. The normalized spacial score (nSPS) is 10.9. The molecule has 0 aliphatic rings. The summed E-state index contributed by atoms with van der Waals surface area (Å²) >= 11 is 1.36. The van der Waals surface area contributed by atoms with Crippen molar-refractivity contribution in [3.8, 4) is 22.8 Å². The minimum Gasteiger partial charge on any atom is -0.497 e. The number of amides is 1. The molecule has 0 spiro atoms. The van der Waals surface area contributed by atoms with Crippen LogP contribution in [0.5, 0.6) is 5.75 Å². The summed E-state index contributed by atoms with van der Waals surface area (Å²) in [7, 11) is 1.64. The van der Waals surface area contributed by atoms with Crippen molar-refractivity contribution < 1.29 is 9.53 Å². The largest absolute Gasteiger partial charge is 0.497 e. The van der Waals surface area contributed by atoms with Crippen molar-refractivity contribution in [3.63, 3.8) is 0 Å².